The highest BCUT2D eigenvalue weighted by Crippen LogP contribution is 2.26. The Bertz CT molecular complexity index is 382. The van der Waals surface area contributed by atoms with Gasteiger partial charge in [0.2, 0.25) is 0 Å². The number of rotatable bonds is 3. The van der Waals surface area contributed by atoms with E-state index in [-0.39, 0.29) is 5.75 Å². The molecule has 15 heavy (non-hydrogen) atoms. The Balaban J connectivity index is 2.84. The Morgan fingerprint density at radius 2 is 2.13 bits per heavy atom. The molecule has 1 N–H and O–H groups in total. The first kappa shape index (κ1) is 11.1. The minimum absolute atomic E-state index is 0.0320. The predicted octanol–water partition coefficient (Wildman–Crippen LogP) is 1.59. The van der Waals surface area contributed by atoms with E-state index in [4.69, 9.17) is 4.74 Å². The van der Waals surface area contributed by atoms with Crippen LogP contribution >= 0.6 is 0 Å². The molecule has 0 unspecified atom stereocenters. The van der Waals surface area contributed by atoms with Crippen molar-refractivity contribution >= 4 is 12.0 Å². The van der Waals surface area contributed by atoms with Crippen LogP contribution in [0.25, 0.3) is 6.08 Å². The van der Waals surface area contributed by atoms with Crippen LogP contribution in [0.5, 0.6) is 11.5 Å². The molecule has 0 saturated carbocycles. The van der Waals surface area contributed by atoms with Gasteiger partial charge in [-0.3, -0.25) is 0 Å². The zero-order valence-electron chi connectivity index (χ0n) is 8.56. The van der Waals surface area contributed by atoms with Crippen molar-refractivity contribution in [1.82, 2.24) is 0 Å². The largest absolute Gasteiger partial charge is 0.504 e. The molecule has 0 radical (unpaired) electrons. The number of aromatic hydroxyl groups is 1. The summed E-state index contributed by atoms with van der Waals surface area (Å²) in [7, 11) is 2.77. The first-order chi connectivity index (χ1) is 7.17. The number of hydrogen-bond acceptors (Lipinski definition) is 4. The fraction of sp³-hybridized carbons (Fsp3) is 0.182. The Morgan fingerprint density at radius 1 is 1.40 bits per heavy atom. The van der Waals surface area contributed by atoms with E-state index < -0.39 is 5.97 Å². The molecule has 0 aromatic heterocycles. The van der Waals surface area contributed by atoms with Crippen molar-refractivity contribution in [2.24, 2.45) is 0 Å². The van der Waals surface area contributed by atoms with Crippen LogP contribution in [0.4, 0.5) is 0 Å². The van der Waals surface area contributed by atoms with Gasteiger partial charge in [-0.05, 0) is 23.8 Å². The highest BCUT2D eigenvalue weighted by Gasteiger charge is 2.00. The summed E-state index contributed by atoms with van der Waals surface area (Å²) >= 11 is 0. The molecule has 1 aromatic rings. The van der Waals surface area contributed by atoms with Gasteiger partial charge in [-0.1, -0.05) is 6.07 Å². The second-order valence-corrected chi connectivity index (χ2v) is 2.79. The van der Waals surface area contributed by atoms with Crippen molar-refractivity contribution in [3.05, 3.63) is 29.8 Å². The smallest absolute Gasteiger partial charge is 0.330 e. The number of phenolic OH excluding ortho intramolecular Hbond substituents is 1. The molecule has 0 aliphatic carbocycles. The third kappa shape index (κ3) is 3.02. The molecule has 0 saturated heterocycles. The standard InChI is InChI=1S/C11H12O4/c1-14-10-5-3-8(7-9(10)12)4-6-11(13)15-2/h3-7,12H,1-2H3/b6-4+. The number of ether oxygens (including phenoxy) is 2. The number of phenols is 1. The molecule has 0 heterocycles. The highest BCUT2D eigenvalue weighted by molar-refractivity contribution is 5.87. The SMILES string of the molecule is COC(=O)/C=C/c1ccc(OC)c(O)c1. The molecule has 0 aliphatic heterocycles. The number of carbonyl (C=O) groups is 1. The van der Waals surface area contributed by atoms with Crippen molar-refractivity contribution in [2.45, 2.75) is 0 Å². The lowest BCUT2D eigenvalue weighted by Gasteiger charge is -2.02. The predicted molar refractivity (Wildman–Crippen MR) is 55.7 cm³/mol. The molecule has 0 spiro atoms. The van der Waals surface area contributed by atoms with Gasteiger partial charge in [0.15, 0.2) is 11.5 Å². The van der Waals surface area contributed by atoms with Crippen LogP contribution in [0, 0.1) is 0 Å². The highest BCUT2D eigenvalue weighted by atomic mass is 16.5. The minimum atomic E-state index is -0.440. The van der Waals surface area contributed by atoms with E-state index in [1.807, 2.05) is 0 Å². The number of carbonyl (C=O) groups excluding carboxylic acids is 1. The monoisotopic (exact) mass is 208 g/mol. The molecule has 4 heteroatoms. The van der Waals surface area contributed by atoms with Gasteiger partial charge in [0.25, 0.3) is 0 Å². The van der Waals surface area contributed by atoms with E-state index in [0.717, 1.165) is 0 Å². The van der Waals surface area contributed by atoms with E-state index >= 15 is 0 Å². The van der Waals surface area contributed by atoms with Gasteiger partial charge in [-0.15, -0.1) is 0 Å². The summed E-state index contributed by atoms with van der Waals surface area (Å²) in [6, 6.07) is 4.84. The van der Waals surface area contributed by atoms with Crippen molar-refractivity contribution < 1.29 is 19.4 Å². The fourth-order valence-electron chi connectivity index (χ4n) is 1.04. The third-order valence-electron chi connectivity index (χ3n) is 1.82. The first-order valence-electron chi connectivity index (χ1n) is 4.30. The van der Waals surface area contributed by atoms with Crippen LogP contribution in [-0.2, 0) is 9.53 Å². The van der Waals surface area contributed by atoms with Crippen LogP contribution in [0.2, 0.25) is 0 Å². The summed E-state index contributed by atoms with van der Waals surface area (Å²) in [6.07, 6.45) is 2.83. The van der Waals surface area contributed by atoms with Crippen molar-refractivity contribution in [1.29, 1.82) is 0 Å². The summed E-state index contributed by atoms with van der Waals surface area (Å²) < 4.78 is 9.32. The molecule has 1 aromatic carbocycles. The van der Waals surface area contributed by atoms with Gasteiger partial charge >= 0.3 is 5.97 Å². The lowest BCUT2D eigenvalue weighted by atomic mass is 10.2. The first-order valence-corrected chi connectivity index (χ1v) is 4.30. The minimum Gasteiger partial charge on any atom is -0.504 e. The maximum Gasteiger partial charge on any atom is 0.330 e. The zero-order chi connectivity index (χ0) is 11.3. The molecule has 4 nitrogen and oxygen atoms in total. The Kier molecular flexibility index (Phi) is 3.74. The van der Waals surface area contributed by atoms with E-state index in [2.05, 4.69) is 4.74 Å². The summed E-state index contributed by atoms with van der Waals surface area (Å²) in [6.45, 7) is 0. The summed E-state index contributed by atoms with van der Waals surface area (Å²) in [5.41, 5.74) is 0.693. The van der Waals surface area contributed by atoms with Gasteiger partial charge in [0.1, 0.15) is 0 Å². The van der Waals surface area contributed by atoms with Gasteiger partial charge < -0.3 is 14.6 Å². The second kappa shape index (κ2) is 5.05. The third-order valence-corrected chi connectivity index (χ3v) is 1.82. The maximum absolute atomic E-state index is 10.8. The quantitative estimate of drug-likeness (QED) is 0.605. The molecule has 0 aliphatic rings. The molecule has 0 atom stereocenters. The average molecular weight is 208 g/mol. The number of methoxy groups -OCH3 is 2. The summed E-state index contributed by atoms with van der Waals surface area (Å²) in [5, 5.41) is 9.44. The molecular weight excluding hydrogens is 196 g/mol. The summed E-state index contributed by atoms with van der Waals surface area (Å²) in [4.78, 5) is 10.8. The Hall–Kier alpha value is -1.97. The van der Waals surface area contributed by atoms with Crippen molar-refractivity contribution in [2.75, 3.05) is 14.2 Å². The number of esters is 1. The zero-order valence-corrected chi connectivity index (χ0v) is 8.56. The van der Waals surface area contributed by atoms with Gasteiger partial charge in [-0.2, -0.15) is 0 Å². The van der Waals surface area contributed by atoms with E-state index in [1.165, 1.54) is 26.4 Å². The van der Waals surface area contributed by atoms with Crippen molar-refractivity contribution in [3.8, 4) is 11.5 Å². The topological polar surface area (TPSA) is 55.8 Å². The molecule has 0 fully saturated rings. The number of benzene rings is 1. The fourth-order valence-corrected chi connectivity index (χ4v) is 1.04. The summed E-state index contributed by atoms with van der Waals surface area (Å²) in [5.74, 6) is -0.0139. The molecule has 0 bridgehead atoms. The van der Waals surface area contributed by atoms with Crippen LogP contribution in [0.1, 0.15) is 5.56 Å². The van der Waals surface area contributed by atoms with E-state index in [1.54, 1.807) is 18.2 Å². The van der Waals surface area contributed by atoms with Gasteiger partial charge in [-0.25, -0.2) is 4.79 Å². The molecular formula is C11H12O4. The van der Waals surface area contributed by atoms with E-state index in [9.17, 15) is 9.90 Å². The van der Waals surface area contributed by atoms with Crippen LogP contribution in [0.15, 0.2) is 24.3 Å². The molecule has 0 amide bonds. The normalized spacial score (nSPS) is 10.3. The van der Waals surface area contributed by atoms with E-state index in [0.29, 0.717) is 11.3 Å². The number of hydrogen-bond donors (Lipinski definition) is 1. The van der Waals surface area contributed by atoms with Gasteiger partial charge in [0, 0.05) is 6.08 Å². The Morgan fingerprint density at radius 3 is 2.67 bits per heavy atom. The van der Waals surface area contributed by atoms with Crippen molar-refractivity contribution in [3.63, 3.8) is 0 Å². The lowest BCUT2D eigenvalue weighted by molar-refractivity contribution is -0.134. The van der Waals surface area contributed by atoms with Crippen LogP contribution in [-0.4, -0.2) is 25.3 Å². The second-order valence-electron chi connectivity index (χ2n) is 2.79. The average Bonchev–Trinajstić information content (AvgIpc) is 2.26. The van der Waals surface area contributed by atoms with Crippen LogP contribution in [0.3, 0.4) is 0 Å². The Labute approximate surface area is 87.7 Å². The molecule has 1 rings (SSSR count). The maximum atomic E-state index is 10.8. The van der Waals surface area contributed by atoms with Crippen LogP contribution < -0.4 is 4.74 Å². The van der Waals surface area contributed by atoms with Gasteiger partial charge in [0.05, 0.1) is 14.2 Å². The lowest BCUT2D eigenvalue weighted by Crippen LogP contribution is -1.93. The molecule has 80 valence electrons.